The number of fused-ring (bicyclic) bond motifs is 1. The Hall–Kier alpha value is -0.490. The predicted octanol–water partition coefficient (Wildman–Crippen LogP) is 2.08. The maximum Gasteiger partial charge on any atom is 0.121 e. The van der Waals surface area contributed by atoms with Crippen LogP contribution in [0.4, 0.5) is 5.69 Å². The second-order valence-corrected chi connectivity index (χ2v) is 4.22. The Morgan fingerprint density at radius 3 is 3.00 bits per heavy atom. The SMILES string of the molecule is COc1ccc2c(c1)N(C)NC2I. The number of rotatable bonds is 1. The molecule has 0 fully saturated rings. The van der Waals surface area contributed by atoms with Crippen molar-refractivity contribution >= 4 is 28.3 Å². The van der Waals surface area contributed by atoms with Gasteiger partial charge < -0.3 is 9.75 Å². The molecule has 0 bridgehead atoms. The highest BCUT2D eigenvalue weighted by atomic mass is 127. The lowest BCUT2D eigenvalue weighted by atomic mass is 10.2. The lowest BCUT2D eigenvalue weighted by Gasteiger charge is -2.12. The van der Waals surface area contributed by atoms with Gasteiger partial charge in [-0.2, -0.15) is 0 Å². The van der Waals surface area contributed by atoms with Crippen molar-refractivity contribution in [3.05, 3.63) is 23.8 Å². The Balaban J connectivity index is 2.46. The van der Waals surface area contributed by atoms with Gasteiger partial charge in [-0.3, -0.25) is 0 Å². The fourth-order valence-electron chi connectivity index (χ4n) is 1.46. The van der Waals surface area contributed by atoms with Crippen molar-refractivity contribution in [1.29, 1.82) is 0 Å². The molecule has 1 atom stereocenters. The molecule has 1 unspecified atom stereocenters. The monoisotopic (exact) mass is 290 g/mol. The summed E-state index contributed by atoms with van der Waals surface area (Å²) in [5.74, 6) is 0.901. The van der Waals surface area contributed by atoms with Gasteiger partial charge in [-0.05, 0) is 6.07 Å². The molecule has 1 aromatic rings. The quantitative estimate of drug-likeness (QED) is 0.487. The van der Waals surface area contributed by atoms with Gasteiger partial charge in [-0.1, -0.05) is 28.7 Å². The van der Waals surface area contributed by atoms with Gasteiger partial charge >= 0.3 is 0 Å². The Morgan fingerprint density at radius 2 is 2.31 bits per heavy atom. The van der Waals surface area contributed by atoms with Gasteiger partial charge in [0.15, 0.2) is 0 Å². The maximum absolute atomic E-state index is 5.17. The predicted molar refractivity (Wildman–Crippen MR) is 61.3 cm³/mol. The summed E-state index contributed by atoms with van der Waals surface area (Å²) >= 11 is 2.37. The van der Waals surface area contributed by atoms with Gasteiger partial charge in [0.05, 0.1) is 12.8 Å². The standard InChI is InChI=1S/C9H11IN2O/c1-12-8-5-6(13-2)3-4-7(8)9(10)11-12/h3-5,9,11H,1-2H3. The highest BCUT2D eigenvalue weighted by molar-refractivity contribution is 14.1. The summed E-state index contributed by atoms with van der Waals surface area (Å²) in [6.45, 7) is 0. The summed E-state index contributed by atoms with van der Waals surface area (Å²) < 4.78 is 5.53. The zero-order valence-electron chi connectivity index (χ0n) is 7.54. The molecular formula is C9H11IN2O. The van der Waals surface area contributed by atoms with Crippen molar-refractivity contribution in [3.8, 4) is 5.75 Å². The molecule has 1 heterocycles. The third kappa shape index (κ3) is 1.48. The molecule has 13 heavy (non-hydrogen) atoms. The number of hydrazine groups is 1. The van der Waals surface area contributed by atoms with Gasteiger partial charge in [0.1, 0.15) is 9.80 Å². The number of ether oxygens (including phenoxy) is 1. The third-order valence-electron chi connectivity index (χ3n) is 2.18. The van der Waals surface area contributed by atoms with Crippen molar-refractivity contribution in [2.75, 3.05) is 19.2 Å². The molecule has 0 radical (unpaired) electrons. The number of halogens is 1. The van der Waals surface area contributed by atoms with Crippen LogP contribution >= 0.6 is 22.6 Å². The summed E-state index contributed by atoms with van der Waals surface area (Å²) in [4.78, 5) is 0. The van der Waals surface area contributed by atoms with Gasteiger partial charge in [-0.15, -0.1) is 0 Å². The van der Waals surface area contributed by atoms with Crippen molar-refractivity contribution in [2.45, 2.75) is 4.05 Å². The van der Waals surface area contributed by atoms with E-state index in [0.717, 1.165) is 5.75 Å². The second-order valence-electron chi connectivity index (χ2n) is 2.98. The summed E-state index contributed by atoms with van der Waals surface area (Å²) in [6.07, 6.45) is 0. The molecule has 0 aliphatic carbocycles. The number of anilines is 1. The smallest absolute Gasteiger partial charge is 0.121 e. The van der Waals surface area contributed by atoms with Crippen LogP contribution in [0.15, 0.2) is 18.2 Å². The zero-order valence-corrected chi connectivity index (χ0v) is 9.70. The molecule has 70 valence electrons. The van der Waals surface area contributed by atoms with Crippen LogP contribution in [0.25, 0.3) is 0 Å². The number of nitrogens with zero attached hydrogens (tertiary/aromatic N) is 1. The highest BCUT2D eigenvalue weighted by Crippen LogP contribution is 2.37. The minimum Gasteiger partial charge on any atom is -0.497 e. The first-order valence-electron chi connectivity index (χ1n) is 4.04. The van der Waals surface area contributed by atoms with Gasteiger partial charge in [0.25, 0.3) is 0 Å². The molecule has 1 aliphatic rings. The summed E-state index contributed by atoms with van der Waals surface area (Å²) in [6, 6.07) is 6.13. The van der Waals surface area contributed by atoms with E-state index in [0.29, 0.717) is 4.05 Å². The van der Waals surface area contributed by atoms with Crippen LogP contribution < -0.4 is 15.2 Å². The molecule has 1 aromatic carbocycles. The molecule has 0 spiro atoms. The van der Waals surface area contributed by atoms with E-state index in [1.807, 2.05) is 24.2 Å². The number of methoxy groups -OCH3 is 1. The number of nitrogens with one attached hydrogen (secondary N) is 1. The topological polar surface area (TPSA) is 24.5 Å². The molecular weight excluding hydrogens is 279 g/mol. The normalized spacial score (nSPS) is 20.2. The minimum absolute atomic E-state index is 0.364. The van der Waals surface area contributed by atoms with Crippen molar-refractivity contribution in [3.63, 3.8) is 0 Å². The van der Waals surface area contributed by atoms with Gasteiger partial charge in [0, 0.05) is 18.7 Å². The fraction of sp³-hybridized carbons (Fsp3) is 0.333. The van der Waals surface area contributed by atoms with E-state index in [1.165, 1.54) is 11.3 Å². The second kappa shape index (κ2) is 3.34. The first-order chi connectivity index (χ1) is 6.22. The molecule has 3 nitrogen and oxygen atoms in total. The molecule has 0 saturated carbocycles. The average Bonchev–Trinajstić information content (AvgIpc) is 2.42. The fourth-order valence-corrected chi connectivity index (χ4v) is 2.41. The number of alkyl halides is 1. The Bertz CT molecular complexity index is 329. The summed E-state index contributed by atoms with van der Waals surface area (Å²) in [5.41, 5.74) is 5.80. The minimum atomic E-state index is 0.364. The molecule has 0 saturated heterocycles. The van der Waals surface area contributed by atoms with E-state index in [9.17, 15) is 0 Å². The maximum atomic E-state index is 5.17. The number of benzene rings is 1. The first kappa shape index (κ1) is 9.08. The molecule has 1 N–H and O–H groups in total. The third-order valence-corrected chi connectivity index (χ3v) is 3.13. The van der Waals surface area contributed by atoms with Crippen LogP contribution in [-0.4, -0.2) is 14.2 Å². The van der Waals surface area contributed by atoms with Crippen LogP contribution in [0.2, 0.25) is 0 Å². The van der Waals surface area contributed by atoms with E-state index in [4.69, 9.17) is 4.74 Å². The molecule has 1 aliphatic heterocycles. The van der Waals surface area contributed by atoms with E-state index >= 15 is 0 Å². The molecule has 0 aromatic heterocycles. The Kier molecular flexibility index (Phi) is 2.33. The van der Waals surface area contributed by atoms with Crippen LogP contribution in [0, 0.1) is 0 Å². The summed E-state index contributed by atoms with van der Waals surface area (Å²) in [5, 5.41) is 2.02. The van der Waals surface area contributed by atoms with Crippen LogP contribution in [0.5, 0.6) is 5.75 Å². The summed E-state index contributed by atoms with van der Waals surface area (Å²) in [7, 11) is 3.70. The number of hydrogen-bond donors (Lipinski definition) is 1. The number of hydrogen-bond acceptors (Lipinski definition) is 3. The first-order valence-corrected chi connectivity index (χ1v) is 5.29. The van der Waals surface area contributed by atoms with Gasteiger partial charge in [0.2, 0.25) is 0 Å². The Morgan fingerprint density at radius 1 is 1.54 bits per heavy atom. The molecule has 4 heteroatoms. The zero-order chi connectivity index (χ0) is 9.42. The van der Waals surface area contributed by atoms with Crippen LogP contribution in [0.1, 0.15) is 9.61 Å². The van der Waals surface area contributed by atoms with Crippen molar-refractivity contribution in [2.24, 2.45) is 0 Å². The van der Waals surface area contributed by atoms with Crippen molar-refractivity contribution < 1.29 is 4.74 Å². The van der Waals surface area contributed by atoms with Crippen LogP contribution in [-0.2, 0) is 0 Å². The van der Waals surface area contributed by atoms with Crippen molar-refractivity contribution in [1.82, 2.24) is 5.43 Å². The molecule has 2 rings (SSSR count). The van der Waals surface area contributed by atoms with E-state index < -0.39 is 0 Å². The van der Waals surface area contributed by atoms with E-state index in [1.54, 1.807) is 7.11 Å². The van der Waals surface area contributed by atoms with E-state index in [2.05, 4.69) is 34.1 Å². The Labute approximate surface area is 91.2 Å². The lowest BCUT2D eigenvalue weighted by Crippen LogP contribution is -2.27. The lowest BCUT2D eigenvalue weighted by molar-refractivity contribution is 0.415. The van der Waals surface area contributed by atoms with Gasteiger partial charge in [-0.25, -0.2) is 5.43 Å². The molecule has 0 amide bonds. The largest absolute Gasteiger partial charge is 0.497 e. The average molecular weight is 290 g/mol. The highest BCUT2D eigenvalue weighted by Gasteiger charge is 2.23. The van der Waals surface area contributed by atoms with E-state index in [-0.39, 0.29) is 0 Å². The van der Waals surface area contributed by atoms with Crippen LogP contribution in [0.3, 0.4) is 0 Å².